The lowest BCUT2D eigenvalue weighted by Gasteiger charge is -2.08. The van der Waals surface area contributed by atoms with E-state index in [1.807, 2.05) is 0 Å². The largest absolute Gasteiger partial charge is 0.280 e. The molecule has 0 saturated heterocycles. The van der Waals surface area contributed by atoms with E-state index in [4.69, 9.17) is 11.6 Å². The van der Waals surface area contributed by atoms with Gasteiger partial charge in [-0.3, -0.25) is 14.9 Å². The zero-order chi connectivity index (χ0) is 11.1. The van der Waals surface area contributed by atoms with Gasteiger partial charge >= 0.3 is 0 Å². The number of hydrogen-bond donors (Lipinski definition) is 0. The van der Waals surface area contributed by atoms with Gasteiger partial charge in [0.25, 0.3) is 5.69 Å². The van der Waals surface area contributed by atoms with Crippen molar-refractivity contribution in [2.45, 2.75) is 18.3 Å². The van der Waals surface area contributed by atoms with Crippen molar-refractivity contribution in [2.24, 2.45) is 0 Å². The number of nitrogens with zero attached hydrogens (tertiary/aromatic N) is 1. The first-order chi connectivity index (χ1) is 7.06. The number of benzene rings is 1. The highest BCUT2D eigenvalue weighted by Crippen LogP contribution is 2.50. The minimum absolute atomic E-state index is 0.0246. The zero-order valence-electron chi connectivity index (χ0n) is 7.77. The van der Waals surface area contributed by atoms with E-state index in [0.717, 1.165) is 18.4 Å². The monoisotopic (exact) mass is 225 g/mol. The second-order valence-corrected chi connectivity index (χ2v) is 4.00. The predicted molar refractivity (Wildman–Crippen MR) is 54.9 cm³/mol. The molecule has 0 aromatic heterocycles. The van der Waals surface area contributed by atoms with Gasteiger partial charge < -0.3 is 0 Å². The van der Waals surface area contributed by atoms with Crippen molar-refractivity contribution < 1.29 is 9.72 Å². The molecule has 2 rings (SSSR count). The van der Waals surface area contributed by atoms with Gasteiger partial charge in [-0.25, -0.2) is 0 Å². The molecule has 0 N–H and O–H groups in total. The molecule has 1 aliphatic carbocycles. The van der Waals surface area contributed by atoms with Gasteiger partial charge in [0.15, 0.2) is 0 Å². The summed E-state index contributed by atoms with van der Waals surface area (Å²) in [6.45, 7) is 0. The summed E-state index contributed by atoms with van der Waals surface area (Å²) < 4.78 is 0. The lowest BCUT2D eigenvalue weighted by molar-refractivity contribution is -0.384. The third-order valence-corrected chi connectivity index (χ3v) is 3.12. The first-order valence-corrected chi connectivity index (χ1v) is 4.89. The number of nitro groups is 1. The lowest BCUT2D eigenvalue weighted by atomic mass is 9.97. The van der Waals surface area contributed by atoms with Crippen LogP contribution < -0.4 is 0 Å². The van der Waals surface area contributed by atoms with Crippen molar-refractivity contribution >= 4 is 22.5 Å². The standard InChI is InChI=1S/C10H8ClNO3/c11-9(13)10(5-6-10)7-1-3-8(4-2-7)12(14)15/h1-4H,5-6H2. The number of non-ortho nitro benzene ring substituents is 1. The van der Waals surface area contributed by atoms with Crippen LogP contribution in [0.3, 0.4) is 0 Å². The average molecular weight is 226 g/mol. The fourth-order valence-corrected chi connectivity index (χ4v) is 1.92. The quantitative estimate of drug-likeness (QED) is 0.451. The van der Waals surface area contributed by atoms with Crippen LogP contribution in [0.1, 0.15) is 18.4 Å². The lowest BCUT2D eigenvalue weighted by Crippen LogP contribution is -2.14. The molecule has 1 aliphatic rings. The minimum Gasteiger partial charge on any atom is -0.280 e. The van der Waals surface area contributed by atoms with E-state index in [1.165, 1.54) is 12.1 Å². The summed E-state index contributed by atoms with van der Waals surface area (Å²) >= 11 is 5.50. The van der Waals surface area contributed by atoms with E-state index in [-0.39, 0.29) is 10.9 Å². The summed E-state index contributed by atoms with van der Waals surface area (Å²) in [5, 5.41) is 10.0. The van der Waals surface area contributed by atoms with Gasteiger partial charge in [0.1, 0.15) is 0 Å². The van der Waals surface area contributed by atoms with Gasteiger partial charge in [-0.1, -0.05) is 12.1 Å². The van der Waals surface area contributed by atoms with Crippen LogP contribution in [0.15, 0.2) is 24.3 Å². The van der Waals surface area contributed by atoms with Crippen molar-refractivity contribution in [1.29, 1.82) is 0 Å². The van der Waals surface area contributed by atoms with E-state index >= 15 is 0 Å². The molecule has 78 valence electrons. The van der Waals surface area contributed by atoms with Gasteiger partial charge in [-0.05, 0) is 30.0 Å². The van der Waals surface area contributed by atoms with Crippen LogP contribution in [0.2, 0.25) is 0 Å². The van der Waals surface area contributed by atoms with Crippen LogP contribution in [-0.2, 0) is 10.2 Å². The van der Waals surface area contributed by atoms with Gasteiger partial charge in [-0.2, -0.15) is 0 Å². The summed E-state index contributed by atoms with van der Waals surface area (Å²) in [7, 11) is 0. The number of hydrogen-bond acceptors (Lipinski definition) is 3. The van der Waals surface area contributed by atoms with Crippen LogP contribution in [0.4, 0.5) is 5.69 Å². The van der Waals surface area contributed by atoms with Crippen molar-refractivity contribution in [3.05, 3.63) is 39.9 Å². The average Bonchev–Trinajstić information content (AvgIpc) is 2.98. The molecule has 0 heterocycles. The van der Waals surface area contributed by atoms with Crippen LogP contribution in [-0.4, -0.2) is 10.2 Å². The SMILES string of the molecule is O=C(Cl)C1(c2ccc([N+](=O)[O-])cc2)CC1. The van der Waals surface area contributed by atoms with Gasteiger partial charge in [0, 0.05) is 12.1 Å². The molecule has 1 aromatic carbocycles. The maximum absolute atomic E-state index is 11.2. The smallest absolute Gasteiger partial charge is 0.269 e. The molecule has 0 aliphatic heterocycles. The Labute approximate surface area is 91.0 Å². The van der Waals surface area contributed by atoms with E-state index in [0.29, 0.717) is 0 Å². The summed E-state index contributed by atoms with van der Waals surface area (Å²) in [5.74, 6) is 0. The van der Waals surface area contributed by atoms with Crippen molar-refractivity contribution in [2.75, 3.05) is 0 Å². The van der Waals surface area contributed by atoms with Gasteiger partial charge in [-0.15, -0.1) is 0 Å². The molecule has 0 atom stereocenters. The Morgan fingerprint density at radius 3 is 2.20 bits per heavy atom. The Balaban J connectivity index is 2.32. The van der Waals surface area contributed by atoms with E-state index in [9.17, 15) is 14.9 Å². The first kappa shape index (κ1) is 10.1. The fourth-order valence-electron chi connectivity index (χ4n) is 1.63. The molecular weight excluding hydrogens is 218 g/mol. The molecule has 0 unspecified atom stereocenters. The van der Waals surface area contributed by atoms with E-state index in [1.54, 1.807) is 12.1 Å². The van der Waals surface area contributed by atoms with Crippen molar-refractivity contribution in [3.63, 3.8) is 0 Å². The summed E-state index contributed by atoms with van der Waals surface area (Å²) in [5.41, 5.74) is 0.223. The van der Waals surface area contributed by atoms with Gasteiger partial charge in [0.05, 0.1) is 10.3 Å². The molecule has 1 aromatic rings. The second kappa shape index (κ2) is 3.31. The molecule has 4 nitrogen and oxygen atoms in total. The van der Waals surface area contributed by atoms with Gasteiger partial charge in [0.2, 0.25) is 5.24 Å². The van der Waals surface area contributed by atoms with Crippen LogP contribution in [0.25, 0.3) is 0 Å². The van der Waals surface area contributed by atoms with E-state index < -0.39 is 10.3 Å². The normalized spacial score (nSPS) is 17.1. The number of halogens is 1. The zero-order valence-corrected chi connectivity index (χ0v) is 8.53. The third kappa shape index (κ3) is 1.61. The number of rotatable bonds is 3. The molecular formula is C10H8ClNO3. The highest BCUT2D eigenvalue weighted by atomic mass is 35.5. The van der Waals surface area contributed by atoms with Crippen LogP contribution in [0.5, 0.6) is 0 Å². The maximum Gasteiger partial charge on any atom is 0.269 e. The molecule has 5 heteroatoms. The Morgan fingerprint density at radius 1 is 1.33 bits per heavy atom. The Hall–Kier alpha value is -1.42. The molecule has 15 heavy (non-hydrogen) atoms. The highest BCUT2D eigenvalue weighted by molar-refractivity contribution is 6.66. The topological polar surface area (TPSA) is 60.2 Å². The predicted octanol–water partition coefficient (Wildman–Crippen LogP) is 2.39. The van der Waals surface area contributed by atoms with E-state index in [2.05, 4.69) is 0 Å². The van der Waals surface area contributed by atoms with Crippen molar-refractivity contribution in [3.8, 4) is 0 Å². The van der Waals surface area contributed by atoms with Crippen LogP contribution in [0, 0.1) is 10.1 Å². The molecule has 0 radical (unpaired) electrons. The number of nitro benzene ring substituents is 1. The molecule has 1 fully saturated rings. The number of carbonyl (C=O) groups is 1. The molecule has 0 amide bonds. The summed E-state index contributed by atoms with van der Waals surface area (Å²) in [4.78, 5) is 21.1. The molecule has 0 bridgehead atoms. The summed E-state index contributed by atoms with van der Waals surface area (Å²) in [6, 6.07) is 6.00. The highest BCUT2D eigenvalue weighted by Gasteiger charge is 2.50. The Bertz CT molecular complexity index is 423. The third-order valence-electron chi connectivity index (χ3n) is 2.76. The Kier molecular flexibility index (Phi) is 2.23. The van der Waals surface area contributed by atoms with Crippen LogP contribution >= 0.6 is 11.6 Å². The summed E-state index contributed by atoms with van der Waals surface area (Å²) in [6.07, 6.45) is 1.46. The second-order valence-electron chi connectivity index (χ2n) is 3.66. The molecule has 0 spiro atoms. The first-order valence-electron chi connectivity index (χ1n) is 4.51. The fraction of sp³-hybridized carbons (Fsp3) is 0.300. The maximum atomic E-state index is 11.2. The number of carbonyl (C=O) groups excluding carboxylic acids is 1. The minimum atomic E-state index is -0.573. The molecule has 1 saturated carbocycles. The Morgan fingerprint density at radius 2 is 1.87 bits per heavy atom. The van der Waals surface area contributed by atoms with Crippen molar-refractivity contribution in [1.82, 2.24) is 0 Å².